The van der Waals surface area contributed by atoms with Crippen molar-refractivity contribution < 1.29 is 14.0 Å². The van der Waals surface area contributed by atoms with Gasteiger partial charge in [0.05, 0.1) is 5.41 Å². The average Bonchev–Trinajstić information content (AvgIpc) is 3.31. The number of ketones is 1. The number of thioether (sulfide) groups is 1. The Hall–Kier alpha value is -1.36. The van der Waals surface area contributed by atoms with E-state index in [1.807, 2.05) is 4.90 Å². The first kappa shape index (κ1) is 17.1. The maximum absolute atomic E-state index is 13.2. The highest BCUT2D eigenvalue weighted by atomic mass is 32.2. The summed E-state index contributed by atoms with van der Waals surface area (Å²) in [7, 11) is 0. The third-order valence-electron chi connectivity index (χ3n) is 6.59. The Morgan fingerprint density at radius 2 is 1.76 bits per heavy atom. The van der Waals surface area contributed by atoms with Gasteiger partial charge in [0.1, 0.15) is 11.6 Å². The number of hydrogen-bond donors (Lipinski definition) is 0. The lowest BCUT2D eigenvalue weighted by Crippen LogP contribution is -2.40. The van der Waals surface area contributed by atoms with Crippen LogP contribution in [0.3, 0.4) is 0 Å². The molecule has 2 aliphatic carbocycles. The quantitative estimate of drug-likeness (QED) is 0.812. The number of Topliss-reactive ketones (excluding diaryl/α,β-unsaturated/α-hetero) is 1. The van der Waals surface area contributed by atoms with Gasteiger partial charge in [0.2, 0.25) is 5.91 Å². The number of likely N-dealkylation sites (tertiary alicyclic amines) is 1. The monoisotopic (exact) mass is 361 g/mol. The maximum atomic E-state index is 13.2. The number of halogens is 1. The number of carbonyl (C=O) groups is 2. The van der Waals surface area contributed by atoms with Gasteiger partial charge < -0.3 is 4.90 Å². The molecule has 25 heavy (non-hydrogen) atoms. The second kappa shape index (κ2) is 6.11. The van der Waals surface area contributed by atoms with Gasteiger partial charge >= 0.3 is 0 Å². The zero-order valence-corrected chi connectivity index (χ0v) is 15.4. The van der Waals surface area contributed by atoms with E-state index in [-0.39, 0.29) is 28.3 Å². The molecule has 5 heteroatoms. The molecular formula is C20H24FNO2S. The minimum atomic E-state index is -0.277. The van der Waals surface area contributed by atoms with Crippen LogP contribution in [0.2, 0.25) is 0 Å². The molecule has 0 spiro atoms. The molecule has 1 heterocycles. The van der Waals surface area contributed by atoms with Crippen molar-refractivity contribution in [3.05, 3.63) is 30.1 Å². The third-order valence-corrected chi connectivity index (χ3v) is 7.85. The van der Waals surface area contributed by atoms with E-state index in [2.05, 4.69) is 0 Å². The van der Waals surface area contributed by atoms with Crippen LogP contribution < -0.4 is 0 Å². The van der Waals surface area contributed by atoms with Gasteiger partial charge in [-0.15, -0.1) is 11.8 Å². The lowest BCUT2D eigenvalue weighted by molar-refractivity contribution is -0.140. The first-order valence-electron chi connectivity index (χ1n) is 9.15. The molecule has 0 aromatic heterocycles. The minimum absolute atomic E-state index is 0.211. The van der Waals surface area contributed by atoms with Gasteiger partial charge in [0.15, 0.2) is 0 Å². The third kappa shape index (κ3) is 2.90. The fourth-order valence-electron chi connectivity index (χ4n) is 5.02. The summed E-state index contributed by atoms with van der Waals surface area (Å²) in [6.07, 6.45) is 5.25. The summed E-state index contributed by atoms with van der Waals surface area (Å²) in [6, 6.07) is 6.58. The van der Waals surface area contributed by atoms with Crippen molar-refractivity contribution >= 4 is 23.5 Å². The van der Waals surface area contributed by atoms with Gasteiger partial charge in [-0.3, -0.25) is 9.59 Å². The highest BCUT2D eigenvalue weighted by Gasteiger charge is 2.60. The van der Waals surface area contributed by atoms with E-state index in [1.54, 1.807) is 30.8 Å². The number of carbonyl (C=O) groups excluding carboxylic acids is 2. The molecule has 134 valence electrons. The largest absolute Gasteiger partial charge is 0.341 e. The first-order chi connectivity index (χ1) is 11.9. The Morgan fingerprint density at radius 1 is 1.12 bits per heavy atom. The van der Waals surface area contributed by atoms with Crippen molar-refractivity contribution in [3.8, 4) is 0 Å². The fourth-order valence-corrected chi connectivity index (χ4v) is 6.18. The van der Waals surface area contributed by atoms with E-state index in [0.29, 0.717) is 5.25 Å². The predicted octanol–water partition coefficient (Wildman–Crippen LogP) is 4.06. The molecule has 0 unspecified atom stereocenters. The van der Waals surface area contributed by atoms with E-state index >= 15 is 0 Å². The summed E-state index contributed by atoms with van der Waals surface area (Å²) in [5.41, 5.74) is -0.487. The molecule has 1 aliphatic heterocycles. The summed E-state index contributed by atoms with van der Waals surface area (Å²) in [6.45, 7) is 3.25. The minimum Gasteiger partial charge on any atom is -0.341 e. The Balaban J connectivity index is 1.40. The Labute approximate surface area is 152 Å². The van der Waals surface area contributed by atoms with Gasteiger partial charge in [-0.05, 0) is 69.7 Å². The molecule has 0 radical (unpaired) electrons. The Morgan fingerprint density at radius 3 is 2.36 bits per heavy atom. The number of hydrogen-bond acceptors (Lipinski definition) is 3. The topological polar surface area (TPSA) is 37.4 Å². The van der Waals surface area contributed by atoms with E-state index in [0.717, 1.165) is 56.5 Å². The molecule has 3 nitrogen and oxygen atoms in total. The summed E-state index contributed by atoms with van der Waals surface area (Å²) < 4.78 is 13.0. The molecule has 3 fully saturated rings. The van der Waals surface area contributed by atoms with Crippen molar-refractivity contribution in [2.24, 2.45) is 10.8 Å². The zero-order valence-electron chi connectivity index (χ0n) is 14.6. The number of rotatable bonds is 4. The lowest BCUT2D eigenvalue weighted by Gasteiger charge is -2.30. The Bertz CT molecular complexity index is 694. The molecule has 1 aromatic rings. The molecule has 3 aliphatic rings. The van der Waals surface area contributed by atoms with Crippen LogP contribution in [0, 0.1) is 16.6 Å². The van der Waals surface area contributed by atoms with E-state index in [9.17, 15) is 14.0 Å². The first-order valence-corrected chi connectivity index (χ1v) is 10.0. The molecule has 2 bridgehead atoms. The van der Waals surface area contributed by atoms with Crippen LogP contribution in [0.15, 0.2) is 29.2 Å². The average molecular weight is 361 g/mol. The fraction of sp³-hybridized carbons (Fsp3) is 0.600. The summed E-state index contributed by atoms with van der Waals surface area (Å²) in [4.78, 5) is 28.3. The van der Waals surface area contributed by atoms with Gasteiger partial charge in [0, 0.05) is 28.6 Å². The van der Waals surface area contributed by atoms with Crippen LogP contribution >= 0.6 is 11.8 Å². The van der Waals surface area contributed by atoms with Gasteiger partial charge in [0.25, 0.3) is 0 Å². The van der Waals surface area contributed by atoms with Crippen molar-refractivity contribution in [1.82, 2.24) is 4.90 Å². The van der Waals surface area contributed by atoms with E-state index in [4.69, 9.17) is 0 Å². The normalized spacial score (nSPS) is 33.8. The van der Waals surface area contributed by atoms with Crippen LogP contribution in [0.1, 0.15) is 45.4 Å². The van der Waals surface area contributed by atoms with Crippen LogP contribution in [0.4, 0.5) is 4.39 Å². The molecule has 4 rings (SSSR count). The van der Waals surface area contributed by atoms with Gasteiger partial charge in [-0.2, -0.15) is 0 Å². The van der Waals surface area contributed by atoms with E-state index in [1.165, 1.54) is 12.1 Å². The molecule has 1 aromatic carbocycles. The molecule has 2 saturated carbocycles. The highest BCUT2D eigenvalue weighted by Crippen LogP contribution is 2.62. The van der Waals surface area contributed by atoms with E-state index < -0.39 is 0 Å². The second-order valence-electron chi connectivity index (χ2n) is 8.03. The Kier molecular flexibility index (Phi) is 4.18. The molecule has 1 atom stereocenters. The predicted molar refractivity (Wildman–Crippen MR) is 95.9 cm³/mol. The summed E-state index contributed by atoms with van der Waals surface area (Å²) >= 11 is 1.73. The summed E-state index contributed by atoms with van der Waals surface area (Å²) in [5.74, 6) is 0.323. The van der Waals surface area contributed by atoms with Crippen LogP contribution in [0.5, 0.6) is 0 Å². The van der Waals surface area contributed by atoms with Crippen molar-refractivity contribution in [1.29, 1.82) is 0 Å². The van der Waals surface area contributed by atoms with Crippen molar-refractivity contribution in [3.63, 3.8) is 0 Å². The van der Waals surface area contributed by atoms with Crippen LogP contribution in [0.25, 0.3) is 0 Å². The molecule has 0 N–H and O–H groups in total. The number of nitrogens with zero attached hydrogens (tertiary/aromatic N) is 1. The molecule has 1 saturated heterocycles. The van der Waals surface area contributed by atoms with Crippen LogP contribution in [-0.4, -0.2) is 34.9 Å². The SMILES string of the molecule is CC(=O)C12CCC(C(=O)N3CC[C@H](Sc4ccc(F)cc4)C3)(CC1)C2. The summed E-state index contributed by atoms with van der Waals surface area (Å²) in [5, 5.41) is 0.367. The number of benzene rings is 1. The number of amides is 1. The molecular weight excluding hydrogens is 337 g/mol. The maximum Gasteiger partial charge on any atom is 0.228 e. The standard InChI is InChI=1S/C20H24FNO2S/c1-14(23)19-7-9-20(13-19,10-8-19)18(24)22-11-6-17(12-22)25-16-4-2-15(21)3-5-16/h2-5,17H,6-13H2,1H3/t17-,19?,20?/m0/s1. The lowest BCUT2D eigenvalue weighted by atomic mass is 9.79. The van der Waals surface area contributed by atoms with Crippen molar-refractivity contribution in [2.45, 2.75) is 55.6 Å². The smallest absolute Gasteiger partial charge is 0.228 e. The molecule has 1 amide bonds. The zero-order chi connectivity index (χ0) is 17.7. The number of fused-ring (bicyclic) bond motifs is 2. The highest BCUT2D eigenvalue weighted by molar-refractivity contribution is 8.00. The van der Waals surface area contributed by atoms with Crippen molar-refractivity contribution in [2.75, 3.05) is 13.1 Å². The second-order valence-corrected chi connectivity index (χ2v) is 9.40. The van der Waals surface area contributed by atoms with Crippen LogP contribution in [-0.2, 0) is 9.59 Å². The van der Waals surface area contributed by atoms with Gasteiger partial charge in [-0.1, -0.05) is 0 Å². The van der Waals surface area contributed by atoms with Gasteiger partial charge in [-0.25, -0.2) is 4.39 Å².